The summed E-state index contributed by atoms with van der Waals surface area (Å²) in [6.07, 6.45) is 2.34. The Bertz CT molecular complexity index is 547. The van der Waals surface area contributed by atoms with E-state index >= 15 is 0 Å². The molecule has 0 aromatic carbocycles. The summed E-state index contributed by atoms with van der Waals surface area (Å²) < 4.78 is 32.7. The maximum Gasteiger partial charge on any atom is 0.252 e. The predicted octanol–water partition coefficient (Wildman–Crippen LogP) is 1.86. The lowest BCUT2D eigenvalue weighted by molar-refractivity contribution is 0.0402. The van der Waals surface area contributed by atoms with Crippen LogP contribution in [0.1, 0.15) is 24.6 Å². The normalized spacial score (nSPS) is 23.8. The van der Waals surface area contributed by atoms with Crippen LogP contribution in [-0.4, -0.2) is 45.1 Å². The molecule has 0 amide bonds. The van der Waals surface area contributed by atoms with Crippen molar-refractivity contribution in [2.45, 2.75) is 42.5 Å². The largest absolute Gasteiger partial charge is 0.381 e. The van der Waals surface area contributed by atoms with Crippen LogP contribution in [0.3, 0.4) is 0 Å². The summed E-state index contributed by atoms with van der Waals surface area (Å²) >= 11 is 1.35. The smallest absolute Gasteiger partial charge is 0.252 e. The first-order valence-corrected chi connectivity index (χ1v) is 9.12. The lowest BCUT2D eigenvalue weighted by Gasteiger charge is -2.37. The van der Waals surface area contributed by atoms with Crippen molar-refractivity contribution in [2.75, 3.05) is 20.2 Å². The molecule has 2 heterocycles. The minimum atomic E-state index is -3.43. The Morgan fingerprint density at radius 2 is 2.19 bits per heavy atom. The Labute approximate surface area is 136 Å². The zero-order chi connectivity index (χ0) is 14.8. The Kier molecular flexibility index (Phi) is 7.09. The fraction of sp³-hybridized carbons (Fsp3) is 0.692. The fourth-order valence-corrected chi connectivity index (χ4v) is 5.63. The summed E-state index contributed by atoms with van der Waals surface area (Å²) in [7, 11) is -1.77. The second kappa shape index (κ2) is 7.89. The van der Waals surface area contributed by atoms with Crippen LogP contribution in [-0.2, 0) is 21.2 Å². The van der Waals surface area contributed by atoms with E-state index in [1.807, 2.05) is 13.0 Å². The maximum atomic E-state index is 12.7. The van der Waals surface area contributed by atoms with E-state index in [0.29, 0.717) is 23.7 Å². The molecule has 1 aromatic heterocycles. The Morgan fingerprint density at radius 3 is 2.71 bits per heavy atom. The summed E-state index contributed by atoms with van der Waals surface area (Å²) in [6, 6.07) is 3.41. The van der Waals surface area contributed by atoms with Crippen molar-refractivity contribution in [2.24, 2.45) is 5.73 Å². The van der Waals surface area contributed by atoms with Gasteiger partial charge in [-0.2, -0.15) is 4.31 Å². The minimum absolute atomic E-state index is 0. The van der Waals surface area contributed by atoms with Crippen molar-refractivity contribution in [3.05, 3.63) is 17.0 Å². The average molecular weight is 355 g/mol. The van der Waals surface area contributed by atoms with Crippen molar-refractivity contribution < 1.29 is 13.2 Å². The maximum absolute atomic E-state index is 12.7. The molecule has 122 valence electrons. The summed E-state index contributed by atoms with van der Waals surface area (Å²) in [5, 5.41) is 0. The van der Waals surface area contributed by atoms with Gasteiger partial charge in [-0.15, -0.1) is 23.7 Å². The molecule has 0 saturated carbocycles. The molecule has 2 N–H and O–H groups in total. The second-order valence-corrected chi connectivity index (χ2v) is 8.25. The lowest BCUT2D eigenvalue weighted by atomic mass is 10.0. The number of rotatable bonds is 5. The van der Waals surface area contributed by atoms with Crippen LogP contribution in [0, 0.1) is 0 Å². The zero-order valence-corrected chi connectivity index (χ0v) is 14.8. The van der Waals surface area contributed by atoms with E-state index < -0.39 is 10.0 Å². The van der Waals surface area contributed by atoms with E-state index in [-0.39, 0.29) is 24.6 Å². The highest BCUT2D eigenvalue weighted by molar-refractivity contribution is 7.91. The molecule has 1 aromatic rings. The molecule has 2 rings (SSSR count). The standard InChI is InChI=1S/C13H22N2O3S2.ClH/c1-3-12-4-5-13(19-12)20(16,17)15-7-6-11(18-2)8-10(15)9-14;/h4-5,10-11H,3,6-9,14H2,1-2H3;1H. The van der Waals surface area contributed by atoms with Crippen molar-refractivity contribution in [1.29, 1.82) is 0 Å². The molecular weight excluding hydrogens is 332 g/mol. The van der Waals surface area contributed by atoms with Gasteiger partial charge in [-0.05, 0) is 31.4 Å². The Hall–Kier alpha value is -0.180. The molecule has 2 unspecified atom stereocenters. The molecular formula is C13H23ClN2O3S2. The van der Waals surface area contributed by atoms with Gasteiger partial charge >= 0.3 is 0 Å². The van der Waals surface area contributed by atoms with Crippen molar-refractivity contribution in [3.8, 4) is 0 Å². The van der Waals surface area contributed by atoms with Gasteiger partial charge in [0.05, 0.1) is 6.10 Å². The highest BCUT2D eigenvalue weighted by atomic mass is 35.5. The van der Waals surface area contributed by atoms with Crippen LogP contribution in [0.2, 0.25) is 0 Å². The quantitative estimate of drug-likeness (QED) is 0.875. The number of hydrogen-bond donors (Lipinski definition) is 1. The molecule has 0 spiro atoms. The highest BCUT2D eigenvalue weighted by Gasteiger charge is 2.36. The average Bonchev–Trinajstić information content (AvgIpc) is 2.96. The van der Waals surface area contributed by atoms with E-state index in [2.05, 4.69) is 0 Å². The molecule has 8 heteroatoms. The number of ether oxygens (including phenoxy) is 1. The highest BCUT2D eigenvalue weighted by Crippen LogP contribution is 2.30. The van der Waals surface area contributed by atoms with Crippen LogP contribution >= 0.6 is 23.7 Å². The fourth-order valence-electron chi connectivity index (χ4n) is 2.54. The van der Waals surface area contributed by atoms with Crippen LogP contribution in [0.5, 0.6) is 0 Å². The van der Waals surface area contributed by atoms with Crippen LogP contribution in [0.4, 0.5) is 0 Å². The number of nitrogens with zero attached hydrogens (tertiary/aromatic N) is 1. The minimum Gasteiger partial charge on any atom is -0.381 e. The first kappa shape index (κ1) is 18.9. The molecule has 0 bridgehead atoms. The second-order valence-electron chi connectivity index (χ2n) is 4.96. The summed E-state index contributed by atoms with van der Waals surface area (Å²) in [5.41, 5.74) is 5.76. The van der Waals surface area contributed by atoms with Gasteiger partial charge in [0, 0.05) is 31.1 Å². The number of hydrogen-bond acceptors (Lipinski definition) is 5. The van der Waals surface area contributed by atoms with E-state index in [1.54, 1.807) is 17.5 Å². The Balaban J connectivity index is 0.00000220. The number of halogens is 1. The number of aryl methyl sites for hydroxylation is 1. The third-order valence-corrected chi connectivity index (χ3v) is 7.42. The molecule has 21 heavy (non-hydrogen) atoms. The SMILES string of the molecule is CCc1ccc(S(=O)(=O)N2CCC(OC)CC2CN)s1.Cl. The van der Waals surface area contributed by atoms with Gasteiger partial charge in [0.15, 0.2) is 0 Å². The van der Waals surface area contributed by atoms with Gasteiger partial charge in [0.25, 0.3) is 10.0 Å². The van der Waals surface area contributed by atoms with Crippen molar-refractivity contribution in [3.63, 3.8) is 0 Å². The molecule has 0 radical (unpaired) electrons. The van der Waals surface area contributed by atoms with E-state index in [0.717, 1.165) is 17.7 Å². The lowest BCUT2D eigenvalue weighted by Crippen LogP contribution is -2.50. The first-order valence-electron chi connectivity index (χ1n) is 6.86. The topological polar surface area (TPSA) is 72.6 Å². The number of piperidine rings is 1. The third kappa shape index (κ3) is 3.97. The molecule has 5 nitrogen and oxygen atoms in total. The van der Waals surface area contributed by atoms with E-state index in [1.165, 1.54) is 11.3 Å². The van der Waals surface area contributed by atoms with Crippen molar-refractivity contribution >= 4 is 33.8 Å². The molecule has 1 fully saturated rings. The zero-order valence-electron chi connectivity index (χ0n) is 12.3. The van der Waals surface area contributed by atoms with Gasteiger partial charge in [0.2, 0.25) is 0 Å². The van der Waals surface area contributed by atoms with Crippen molar-refractivity contribution in [1.82, 2.24) is 4.31 Å². The monoisotopic (exact) mass is 354 g/mol. The predicted molar refractivity (Wildman–Crippen MR) is 87.7 cm³/mol. The third-order valence-electron chi connectivity index (χ3n) is 3.77. The van der Waals surface area contributed by atoms with Crippen LogP contribution in [0.25, 0.3) is 0 Å². The van der Waals surface area contributed by atoms with Gasteiger partial charge in [-0.1, -0.05) is 6.92 Å². The molecule has 0 aliphatic carbocycles. The number of sulfonamides is 1. The van der Waals surface area contributed by atoms with Gasteiger partial charge in [-0.3, -0.25) is 0 Å². The summed E-state index contributed by atoms with van der Waals surface area (Å²) in [5.74, 6) is 0. The molecule has 2 atom stereocenters. The van der Waals surface area contributed by atoms with E-state index in [4.69, 9.17) is 10.5 Å². The molecule has 1 saturated heterocycles. The summed E-state index contributed by atoms with van der Waals surface area (Å²) in [6.45, 7) is 2.82. The number of nitrogens with two attached hydrogens (primary N) is 1. The van der Waals surface area contributed by atoms with Gasteiger partial charge < -0.3 is 10.5 Å². The Morgan fingerprint density at radius 1 is 1.48 bits per heavy atom. The molecule has 1 aliphatic rings. The molecule has 1 aliphatic heterocycles. The van der Waals surface area contributed by atoms with Gasteiger partial charge in [-0.25, -0.2) is 8.42 Å². The first-order chi connectivity index (χ1) is 9.52. The summed E-state index contributed by atoms with van der Waals surface area (Å²) in [4.78, 5) is 1.08. The number of thiophene rings is 1. The van der Waals surface area contributed by atoms with Crippen LogP contribution in [0.15, 0.2) is 16.3 Å². The van der Waals surface area contributed by atoms with E-state index in [9.17, 15) is 8.42 Å². The number of methoxy groups -OCH3 is 1. The van der Waals surface area contributed by atoms with Crippen LogP contribution < -0.4 is 5.73 Å². The van der Waals surface area contributed by atoms with Gasteiger partial charge in [0.1, 0.15) is 4.21 Å².